The highest BCUT2D eigenvalue weighted by Crippen LogP contribution is 2.38. The lowest BCUT2D eigenvalue weighted by molar-refractivity contribution is -0.148. The van der Waals surface area contributed by atoms with Gasteiger partial charge in [-0.25, -0.2) is 0 Å². The van der Waals surface area contributed by atoms with Crippen molar-refractivity contribution in [2.45, 2.75) is 17.2 Å². The van der Waals surface area contributed by atoms with Crippen molar-refractivity contribution in [2.75, 3.05) is 6.54 Å². The summed E-state index contributed by atoms with van der Waals surface area (Å²) in [6, 6.07) is 0. The molecule has 1 amide bonds. The van der Waals surface area contributed by atoms with Crippen LogP contribution in [0.2, 0.25) is 0 Å². The molecule has 0 spiro atoms. The molecule has 0 fully saturated rings. The van der Waals surface area contributed by atoms with Gasteiger partial charge >= 0.3 is 10.8 Å². The normalized spacial score (nSPS) is 12.5. The van der Waals surface area contributed by atoms with E-state index in [1.54, 1.807) is 5.32 Å². The fraction of sp³-hybridized carbons (Fsp3) is 0.667. The number of carbonyl (C=O) groups is 1. The molecule has 2 N–H and O–H groups in total. The van der Waals surface area contributed by atoms with Gasteiger partial charge in [-0.1, -0.05) is 5.21 Å². The molecule has 0 atom stereocenters. The first-order valence-electron chi connectivity index (χ1n) is 4.16. The molecular weight excluding hydrogens is 314 g/mol. The van der Waals surface area contributed by atoms with Gasteiger partial charge < -0.3 is 5.32 Å². The van der Waals surface area contributed by atoms with E-state index in [1.165, 1.54) is 15.9 Å². The van der Waals surface area contributed by atoms with Crippen molar-refractivity contribution >= 4 is 21.8 Å². The van der Waals surface area contributed by atoms with Crippen LogP contribution in [0.4, 0.5) is 17.6 Å². The molecule has 1 rings (SSSR count). The van der Waals surface area contributed by atoms with Gasteiger partial charge in [0.25, 0.3) is 0 Å². The van der Waals surface area contributed by atoms with Crippen LogP contribution in [0.1, 0.15) is 5.82 Å². The lowest BCUT2D eigenvalue weighted by atomic mass is 10.3. The Morgan fingerprint density at radius 2 is 2.06 bits per heavy atom. The predicted molar refractivity (Wildman–Crippen MR) is 49.7 cm³/mol. The van der Waals surface area contributed by atoms with E-state index in [1.807, 2.05) is 0 Å². The first-order chi connectivity index (χ1) is 7.72. The molecule has 11 heteroatoms. The van der Waals surface area contributed by atoms with Crippen molar-refractivity contribution in [3.63, 3.8) is 0 Å². The summed E-state index contributed by atoms with van der Waals surface area (Å²) in [5, 5.41) is 13.6. The van der Waals surface area contributed by atoms with Gasteiger partial charge in [-0.15, -0.1) is 10.2 Å². The first-order valence-corrected chi connectivity index (χ1v) is 4.95. The van der Waals surface area contributed by atoms with E-state index >= 15 is 0 Å². The number of halogens is 5. The number of nitrogens with one attached hydrogen (secondary N) is 2. The second-order valence-corrected chi connectivity index (χ2v) is 3.98. The second kappa shape index (κ2) is 4.94. The van der Waals surface area contributed by atoms with E-state index < -0.39 is 29.6 Å². The minimum absolute atomic E-state index is 0.0311. The van der Waals surface area contributed by atoms with E-state index in [-0.39, 0.29) is 5.82 Å². The van der Waals surface area contributed by atoms with Crippen molar-refractivity contribution < 1.29 is 22.4 Å². The van der Waals surface area contributed by atoms with Gasteiger partial charge in [0.1, 0.15) is 0 Å². The van der Waals surface area contributed by atoms with Crippen LogP contribution in [-0.4, -0.2) is 43.8 Å². The quantitative estimate of drug-likeness (QED) is 0.611. The van der Waals surface area contributed by atoms with Crippen LogP contribution in [-0.2, 0) is 11.2 Å². The number of aromatic amines is 1. The van der Waals surface area contributed by atoms with Crippen LogP contribution in [0.15, 0.2) is 0 Å². The lowest BCUT2D eigenvalue weighted by Crippen LogP contribution is -2.46. The predicted octanol–water partition coefficient (Wildman–Crippen LogP) is 0.481. The van der Waals surface area contributed by atoms with Crippen molar-refractivity contribution in [3.05, 3.63) is 5.82 Å². The molecule has 1 aromatic rings. The summed E-state index contributed by atoms with van der Waals surface area (Å²) < 4.78 is 50.0. The minimum Gasteiger partial charge on any atom is -0.349 e. The van der Waals surface area contributed by atoms with Crippen molar-refractivity contribution in [2.24, 2.45) is 0 Å². The summed E-state index contributed by atoms with van der Waals surface area (Å²) in [5.74, 6) is -5.33. The number of nitrogens with zero attached hydrogens (tertiary/aromatic N) is 3. The molecule has 0 saturated heterocycles. The molecule has 0 unspecified atom stereocenters. The van der Waals surface area contributed by atoms with Gasteiger partial charge in [0.2, 0.25) is 5.91 Å². The van der Waals surface area contributed by atoms with Crippen LogP contribution in [0.5, 0.6) is 0 Å². The number of H-pyrrole nitrogens is 1. The number of carbonyl (C=O) groups excluding carboxylic acids is 1. The number of aromatic nitrogens is 4. The standard InChI is InChI=1S/C6H6BrF4N5O/c7-6(10,11)5(8,9)2-12-4(17)1-3-13-15-16-14-3/h1-2H2,(H,12,17)(H,13,14,15,16). The van der Waals surface area contributed by atoms with Crippen molar-refractivity contribution in [3.8, 4) is 0 Å². The highest BCUT2D eigenvalue weighted by Gasteiger charge is 2.54. The van der Waals surface area contributed by atoms with Gasteiger partial charge in [-0.3, -0.25) is 4.79 Å². The van der Waals surface area contributed by atoms with Crippen LogP contribution in [0.25, 0.3) is 0 Å². The van der Waals surface area contributed by atoms with Crippen molar-refractivity contribution in [1.82, 2.24) is 25.9 Å². The van der Waals surface area contributed by atoms with E-state index in [0.717, 1.165) is 0 Å². The Morgan fingerprint density at radius 3 is 2.53 bits per heavy atom. The first kappa shape index (κ1) is 13.8. The third-order valence-electron chi connectivity index (χ3n) is 1.63. The zero-order valence-corrected chi connectivity index (χ0v) is 9.64. The molecule has 6 nitrogen and oxygen atoms in total. The van der Waals surface area contributed by atoms with Gasteiger partial charge in [0.05, 0.1) is 13.0 Å². The molecular formula is C6H6BrF4N5O. The largest absolute Gasteiger partial charge is 0.365 e. The molecule has 0 aromatic carbocycles. The average molecular weight is 320 g/mol. The summed E-state index contributed by atoms with van der Waals surface area (Å²) in [5.41, 5.74) is 0. The topological polar surface area (TPSA) is 83.6 Å². The maximum Gasteiger partial charge on any atom is 0.365 e. The zero-order chi connectivity index (χ0) is 13.1. The fourth-order valence-electron chi connectivity index (χ4n) is 0.773. The van der Waals surface area contributed by atoms with Crippen LogP contribution in [0.3, 0.4) is 0 Å². The second-order valence-electron chi connectivity index (χ2n) is 2.98. The maximum absolute atomic E-state index is 12.7. The summed E-state index contributed by atoms with van der Waals surface area (Å²) in [6.07, 6.45) is -0.430. The molecule has 0 aliphatic rings. The molecule has 0 aliphatic carbocycles. The summed E-state index contributed by atoms with van der Waals surface area (Å²) in [7, 11) is 0. The Hall–Kier alpha value is -1.26. The number of amides is 1. The summed E-state index contributed by atoms with van der Waals surface area (Å²) >= 11 is 1.54. The number of tetrazole rings is 1. The number of hydrogen-bond donors (Lipinski definition) is 2. The SMILES string of the molecule is O=C(Cc1nn[nH]n1)NCC(F)(F)C(F)(F)Br. The van der Waals surface area contributed by atoms with Crippen LogP contribution in [0, 0.1) is 0 Å². The third-order valence-corrected chi connectivity index (χ3v) is 2.21. The molecule has 1 heterocycles. The highest BCUT2D eigenvalue weighted by atomic mass is 79.9. The van der Waals surface area contributed by atoms with Crippen LogP contribution >= 0.6 is 15.9 Å². The zero-order valence-electron chi connectivity index (χ0n) is 8.05. The highest BCUT2D eigenvalue weighted by molar-refractivity contribution is 9.10. The molecule has 17 heavy (non-hydrogen) atoms. The molecule has 0 aliphatic heterocycles. The Labute approximate surface area is 100 Å². The smallest absolute Gasteiger partial charge is 0.349 e. The van der Waals surface area contributed by atoms with Gasteiger partial charge in [-0.2, -0.15) is 22.8 Å². The number of rotatable bonds is 5. The molecule has 96 valence electrons. The van der Waals surface area contributed by atoms with Gasteiger partial charge in [0, 0.05) is 0 Å². The molecule has 1 aromatic heterocycles. The average Bonchev–Trinajstić information content (AvgIpc) is 2.66. The number of hydrogen-bond acceptors (Lipinski definition) is 4. The maximum atomic E-state index is 12.7. The van der Waals surface area contributed by atoms with E-state index in [9.17, 15) is 22.4 Å². The monoisotopic (exact) mass is 319 g/mol. The third kappa shape index (κ3) is 3.91. The van der Waals surface area contributed by atoms with Crippen LogP contribution < -0.4 is 5.32 Å². The van der Waals surface area contributed by atoms with E-state index in [0.29, 0.717) is 0 Å². The van der Waals surface area contributed by atoms with Gasteiger partial charge in [0.15, 0.2) is 5.82 Å². The Kier molecular flexibility index (Phi) is 4.01. The van der Waals surface area contributed by atoms with Gasteiger partial charge in [-0.05, 0) is 15.9 Å². The fourth-order valence-corrected chi connectivity index (χ4v) is 0.914. The molecule has 0 saturated carbocycles. The Bertz CT molecular complexity index is 378. The Balaban J connectivity index is 2.43. The van der Waals surface area contributed by atoms with E-state index in [4.69, 9.17) is 0 Å². The molecule has 0 radical (unpaired) electrons. The van der Waals surface area contributed by atoms with E-state index in [2.05, 4.69) is 20.6 Å². The summed E-state index contributed by atoms with van der Waals surface area (Å²) in [4.78, 5) is 6.67. The molecule has 0 bridgehead atoms. The van der Waals surface area contributed by atoms with Crippen molar-refractivity contribution in [1.29, 1.82) is 0 Å². The lowest BCUT2D eigenvalue weighted by Gasteiger charge is -2.21. The number of alkyl halides is 5. The minimum atomic E-state index is -4.39. The Morgan fingerprint density at radius 1 is 1.41 bits per heavy atom. The summed E-state index contributed by atoms with van der Waals surface area (Å²) in [6.45, 7) is -1.50.